The van der Waals surface area contributed by atoms with Crippen molar-refractivity contribution in [3.05, 3.63) is 12.8 Å². The molecule has 8 aliphatic heterocycles. The number of rotatable bonds is 50. The summed E-state index contributed by atoms with van der Waals surface area (Å²) in [5.41, 5.74) is -0.370. The van der Waals surface area contributed by atoms with Crippen molar-refractivity contribution >= 4 is 211 Å². The summed E-state index contributed by atoms with van der Waals surface area (Å²) in [4.78, 5) is 0. The van der Waals surface area contributed by atoms with Gasteiger partial charge in [-0.25, -0.2) is 0 Å². The Kier molecular flexibility index (Phi) is 65.2. The molecule has 8 fully saturated rings. The third-order valence-electron chi connectivity index (χ3n) is 20.2. The van der Waals surface area contributed by atoms with Crippen LogP contribution in [0.2, 0.25) is 161 Å². The van der Waals surface area contributed by atoms with Gasteiger partial charge in [-0.1, -0.05) is 98.5 Å². The van der Waals surface area contributed by atoms with Crippen LogP contribution in [0.25, 0.3) is 0 Å². The van der Waals surface area contributed by atoms with Crippen molar-refractivity contribution in [1.29, 1.82) is 0 Å². The predicted molar refractivity (Wildman–Crippen MR) is 564 cm³/mol. The molecule has 7 unspecified atom stereocenters. The van der Waals surface area contributed by atoms with Crippen LogP contribution in [0, 0.1) is 0 Å². The maximum absolute atomic E-state index is 12.0. The van der Waals surface area contributed by atoms with Gasteiger partial charge >= 0.3 is 85.9 Å². The molecule has 0 saturated carbocycles. The molecule has 0 spiro atoms. The second-order valence-corrected chi connectivity index (χ2v) is 98.5. The first-order chi connectivity index (χ1) is 55.9. The van der Waals surface area contributed by atoms with Crippen LogP contribution in [0.1, 0.15) is 121 Å². The van der Waals surface area contributed by atoms with E-state index in [0.717, 1.165) is 106 Å². The average molecular weight is 2210 g/mol. The van der Waals surface area contributed by atoms with Crippen LogP contribution in [0.15, 0.2) is 12.8 Å². The largest absolute Gasteiger partial charge is 0.500 e. The molecule has 0 amide bonds. The zero-order valence-electron chi connectivity index (χ0n) is 79.2. The molecule has 57 heteroatoms. The normalized spacial score (nSPS) is 29.8. The van der Waals surface area contributed by atoms with Gasteiger partial charge in [0.1, 0.15) is 23.0 Å². The maximum Gasteiger partial charge on any atom is 0.500 e. The summed E-state index contributed by atoms with van der Waals surface area (Å²) < 4.78 is 209. The zero-order valence-corrected chi connectivity index (χ0v) is 107. The molecule has 0 aliphatic carbocycles. The summed E-state index contributed by atoms with van der Waals surface area (Å²) in [5.74, 6) is 0. The smallest absolute Gasteiger partial charge is 0.496 e. The number of hydrogen-bond donors (Lipinski definition) is 0. The van der Waals surface area contributed by atoms with E-state index in [0.29, 0.717) is 88.3 Å². The van der Waals surface area contributed by atoms with Gasteiger partial charge in [-0.2, -0.15) is 0 Å². The van der Waals surface area contributed by atoms with E-state index in [1.54, 1.807) is 21.3 Å². The number of hydrogen-bond acceptors (Lipinski definition) is 34. The summed E-state index contributed by atoms with van der Waals surface area (Å²) in [6.07, 6.45) is 8.43. The molecule has 764 valence electrons. The van der Waals surface area contributed by atoms with E-state index in [4.69, 9.17) is 145 Å². The molecular weight excluding hydrogens is 2020 g/mol. The highest BCUT2D eigenvalue weighted by molar-refractivity contribution is 6.91. The topological polar surface area (TPSA) is 335 Å². The van der Waals surface area contributed by atoms with E-state index in [-0.39, 0.29) is 65.4 Å². The third kappa shape index (κ3) is 50.4. The van der Waals surface area contributed by atoms with Crippen LogP contribution in [0.4, 0.5) is 0 Å². The summed E-state index contributed by atoms with van der Waals surface area (Å²) >= 11 is 0. The van der Waals surface area contributed by atoms with Crippen molar-refractivity contribution < 1.29 is 153 Å². The minimum absolute atomic E-state index is 0. The number of epoxide rings is 4. The molecule has 0 aromatic carbocycles. The van der Waals surface area contributed by atoms with Crippen LogP contribution in [0.3, 0.4) is 0 Å². The fourth-order valence-electron chi connectivity index (χ4n) is 13.3. The number of ether oxygens (including phenoxy) is 10. The third-order valence-corrected chi connectivity index (χ3v) is 91.7. The zero-order chi connectivity index (χ0) is 90.1. The Morgan fingerprint density at radius 2 is 0.913 bits per heavy atom. The van der Waals surface area contributed by atoms with Gasteiger partial charge in [0.25, 0.3) is 87.3 Å². The van der Waals surface area contributed by atoms with Gasteiger partial charge < -0.3 is 149 Å². The molecule has 0 radical (unpaired) electrons. The van der Waals surface area contributed by atoms with E-state index in [9.17, 15) is 4.46 Å². The van der Waals surface area contributed by atoms with Gasteiger partial charge in [0.15, 0.2) is 24.7 Å². The second-order valence-electron chi connectivity index (χ2n) is 35.7. The Bertz CT molecular complexity index is 2870. The van der Waals surface area contributed by atoms with E-state index in [2.05, 4.69) is 145 Å². The first-order valence-electron chi connectivity index (χ1n) is 42.8. The van der Waals surface area contributed by atoms with Crippen LogP contribution >= 0.6 is 0 Å². The fraction of sp³-hybridized carbons (Fsp3) is 0.971. The Morgan fingerprint density at radius 3 is 1.25 bits per heavy atom. The van der Waals surface area contributed by atoms with E-state index < -0.39 is 206 Å². The van der Waals surface area contributed by atoms with Gasteiger partial charge in [0, 0.05) is 84.8 Å². The average Bonchev–Trinajstić information content (AvgIpc) is 1.60. The molecule has 7 atom stereocenters. The Labute approximate surface area is 808 Å². The van der Waals surface area contributed by atoms with Gasteiger partial charge in [-0.3, -0.25) is 0 Å². The molecule has 8 aliphatic rings. The highest BCUT2D eigenvalue weighted by Gasteiger charge is 2.68. The molecule has 0 N–H and O–H groups in total. The van der Waals surface area contributed by atoms with Crippen molar-refractivity contribution in [2.45, 2.75) is 317 Å². The fourth-order valence-corrected chi connectivity index (χ4v) is 82.9. The first kappa shape index (κ1) is 133. The lowest BCUT2D eigenvalue weighted by Crippen LogP contribution is -2.60. The highest BCUT2D eigenvalue weighted by Crippen LogP contribution is 2.43. The van der Waals surface area contributed by atoms with Crippen molar-refractivity contribution in [2.24, 2.45) is 0 Å². The minimum Gasteiger partial charge on any atom is -0.496 e. The Balaban J connectivity index is -0.000000381. The van der Waals surface area contributed by atoms with E-state index in [1.807, 2.05) is 26.6 Å². The molecular formula is C69H192O34Si23. The van der Waals surface area contributed by atoms with Crippen LogP contribution in [-0.4, -0.2) is 370 Å². The lowest BCUT2D eigenvalue weighted by molar-refractivity contribution is -0.0713. The molecule has 8 saturated heterocycles. The van der Waals surface area contributed by atoms with Crippen molar-refractivity contribution in [3.63, 3.8) is 0 Å². The van der Waals surface area contributed by atoms with Crippen molar-refractivity contribution in [1.82, 2.24) is 0 Å². The van der Waals surface area contributed by atoms with Crippen molar-refractivity contribution in [2.75, 3.05) is 120 Å². The van der Waals surface area contributed by atoms with Gasteiger partial charge in [-0.15, -0.1) is 0 Å². The van der Waals surface area contributed by atoms with Crippen LogP contribution in [-0.2, 0) is 149 Å². The quantitative estimate of drug-likeness (QED) is 0.0249. The molecule has 126 heavy (non-hydrogen) atoms. The van der Waals surface area contributed by atoms with Crippen molar-refractivity contribution in [3.8, 4) is 0 Å². The van der Waals surface area contributed by atoms with E-state index >= 15 is 0 Å². The van der Waals surface area contributed by atoms with Gasteiger partial charge in [-0.05, 0) is 168 Å². The predicted octanol–water partition coefficient (Wildman–Crippen LogP) is 7.31. The lowest BCUT2D eigenvalue weighted by atomic mass is 10.3. The molecule has 34 nitrogen and oxygen atoms in total. The first-order valence-corrected chi connectivity index (χ1v) is 89.7. The van der Waals surface area contributed by atoms with Gasteiger partial charge in [0.2, 0.25) is 0 Å². The lowest BCUT2D eigenvalue weighted by Gasteiger charge is -2.43. The van der Waals surface area contributed by atoms with Crippen LogP contribution in [0.5, 0.6) is 0 Å². The van der Waals surface area contributed by atoms with E-state index in [1.165, 1.54) is 6.26 Å². The Hall–Kier alpha value is 3.05. The molecule has 0 bridgehead atoms. The molecule has 0 aromatic heterocycles. The van der Waals surface area contributed by atoms with Gasteiger partial charge in [0.05, 0.1) is 92.8 Å². The monoisotopic (exact) mass is 2210 g/mol. The molecule has 0 aromatic rings. The molecule has 8 rings (SSSR count). The second kappa shape index (κ2) is 61.7. The molecule has 8 heterocycles. The summed E-state index contributed by atoms with van der Waals surface area (Å²) in [7, 11) is -33.4. The standard InChI is InChI=1S/C22H64O9Si10.C14H32O8Si4.C13H34O9Si5.C8H22O6Si4.C6H10O2.6CH4.3H2/c1-19-34(23)22-32(2)25-33(3)26-37(9,10)28-39(13,14)30-41(17,18)31-40(15,16)29-38(11,12)27-36(7,8)24-20-21-35(4,5)6;1-3-6-16-10-13(11-18-13)26(2)21-24-19-14(23,20-25-22-26)5-4-7-15-8-12-9-17-12;1-6-8-17-10-12(11-18-12)26(5)21-24-19-13(23,20-25-22-26)7-9-27(14-2,15-3)16-4;1-4-5-9-6-8(7-10-8)18(3)13-15-11-17(2)12-16-14-18;1-2-8-6-3-4-7-5-6;;;;;;;;;/h32-33H,19-22H2,1-18H3;12H,3-11,24-25H2,1-2,23H3;6-11,24-25H2,1-5,23H3;17H,4-7,15-16H2,1-3H3;2,6H,1,3-5H2;6*1H4;3*1H. The summed E-state index contributed by atoms with van der Waals surface area (Å²) in [6, 6.07) is 2.49. The summed E-state index contributed by atoms with van der Waals surface area (Å²) in [6.45, 7) is 66.3. The SMILES string of the molecule is C.C.C.C.C.C.C=COC1CCOC1.CCCOCC1([Si]2(C)O[SiH2]OC([SiH3])(CCCOCC3CO3)O[SiH2]O2)CO1.CCCOCC1([Si]2(C)O[SiH2]OC([SiH3])(CC[Si](OC)(OC)OC)O[SiH2]O2)CO1.CCCOCC1([Si]2(C)O[SiH2]O[SiH](C)O[SiH2]O2)CO1.CC[Si](=O)C[SiH](C)O[SiH](C)O[Si](C)(C)O[Si](C)(C)O[Si](C)(C)O[Si](C)(C)O[Si](C)(C)O[Si](C)(C)OCC[Si](C)(C)C.[HH].[HH].[HH]. The minimum atomic E-state index is -2.66. The maximum atomic E-state index is 12.0. The Morgan fingerprint density at radius 1 is 0.540 bits per heavy atom. The summed E-state index contributed by atoms with van der Waals surface area (Å²) in [5, 5.41) is -1.11. The highest BCUT2D eigenvalue weighted by atomic mass is 28.5. The van der Waals surface area contributed by atoms with Crippen LogP contribution < -0.4 is 0 Å².